The van der Waals surface area contributed by atoms with Gasteiger partial charge in [0.05, 0.1) is 21.1 Å². The van der Waals surface area contributed by atoms with Crippen LogP contribution in [-0.2, 0) is 4.57 Å². The third kappa shape index (κ3) is 53.1. The fraction of sp³-hybridized carbons (Fsp3) is 1.00. The van der Waals surface area contributed by atoms with Crippen molar-refractivity contribution in [1.82, 2.24) is 0 Å². The number of aliphatic hydroxyl groups excluding tert-OH is 1. The van der Waals surface area contributed by atoms with Gasteiger partial charge in [-0.1, -0.05) is 0 Å². The van der Waals surface area contributed by atoms with Crippen LogP contribution in [0.4, 0.5) is 4.20 Å². The third-order valence-electron chi connectivity index (χ3n) is 0.812. The monoisotopic (exact) mass is 342 g/mol. The Morgan fingerprint density at radius 2 is 1.71 bits per heavy atom. The van der Waals surface area contributed by atoms with E-state index in [1.54, 1.807) is 0 Å². The molecule has 0 aliphatic heterocycles. The molecular formula is C7H19FINO3P-. The van der Waals surface area contributed by atoms with E-state index in [0.29, 0.717) is 6.66 Å². The van der Waals surface area contributed by atoms with E-state index in [2.05, 4.69) is 21.1 Å². The van der Waals surface area contributed by atoms with Gasteiger partial charge in [-0.15, -0.1) is 0 Å². The molecule has 2 atom stereocenters. The van der Waals surface area contributed by atoms with E-state index in [0.717, 1.165) is 11.0 Å². The molecule has 0 rings (SSSR count). The predicted molar refractivity (Wildman–Crippen MR) is 49.2 cm³/mol. The quantitative estimate of drug-likeness (QED) is 0.336. The summed E-state index contributed by atoms with van der Waals surface area (Å²) in [6, 6.07) is 0. The van der Waals surface area contributed by atoms with Crippen molar-refractivity contribution in [2.75, 3.05) is 34.4 Å². The molecule has 0 saturated carbocycles. The Morgan fingerprint density at radius 1 is 1.50 bits per heavy atom. The van der Waals surface area contributed by atoms with Crippen LogP contribution in [0.3, 0.4) is 0 Å². The molecule has 0 aliphatic rings. The molecule has 2 unspecified atom stereocenters. The molecule has 14 heavy (non-hydrogen) atoms. The van der Waals surface area contributed by atoms with Gasteiger partial charge in [0, 0.05) is 6.66 Å². The summed E-state index contributed by atoms with van der Waals surface area (Å²) < 4.78 is 20.5. The Balaban J connectivity index is -0.000000177. The van der Waals surface area contributed by atoms with Crippen LogP contribution in [0.15, 0.2) is 0 Å². The number of nitrogens with zero attached hydrogens (tertiary/aromatic N) is 1. The first kappa shape index (κ1) is 20.2. The van der Waals surface area contributed by atoms with E-state index in [9.17, 15) is 4.20 Å². The number of hydrogen-bond donors (Lipinski definition) is 1. The lowest BCUT2D eigenvalue weighted by molar-refractivity contribution is -0.873. The van der Waals surface area contributed by atoms with Crippen LogP contribution in [0.1, 0.15) is 6.92 Å². The van der Waals surface area contributed by atoms with Gasteiger partial charge in [-0.25, -0.2) is 4.20 Å². The number of aliphatic hydroxyl groups is 1. The topological polar surface area (TPSA) is 60.4 Å². The summed E-state index contributed by atoms with van der Waals surface area (Å²) in [5, 5.41) is 8.87. The van der Waals surface area contributed by atoms with Crippen molar-refractivity contribution in [2.24, 2.45) is 0 Å². The Bertz CT molecular complexity index is 170. The zero-order chi connectivity index (χ0) is 11.3. The highest BCUT2D eigenvalue weighted by molar-refractivity contribution is 7.49. The van der Waals surface area contributed by atoms with Gasteiger partial charge in [0.2, 0.25) is 0 Å². The average molecular weight is 342 g/mol. The van der Waals surface area contributed by atoms with E-state index in [1.807, 2.05) is 6.92 Å². The third-order valence-corrected chi connectivity index (χ3v) is 0.812. The normalized spacial score (nSPS) is 16.9. The second kappa shape index (κ2) is 7.98. The van der Waals surface area contributed by atoms with E-state index in [4.69, 9.17) is 14.6 Å². The average Bonchev–Trinajstić information content (AvgIpc) is 1.47. The number of likely N-dealkylation sites (N-methyl/N-ethyl adjacent to an activating group) is 1. The summed E-state index contributed by atoms with van der Waals surface area (Å²) in [6.07, 6.45) is -0.185. The number of rotatable bonds is 2. The van der Waals surface area contributed by atoms with Crippen molar-refractivity contribution < 1.29 is 47.2 Å². The summed E-state index contributed by atoms with van der Waals surface area (Å²) in [5.74, 6) is 0. The smallest absolute Gasteiger partial charge is 0.178 e. The van der Waals surface area contributed by atoms with Gasteiger partial charge >= 0.3 is 0 Å². The molecule has 0 bridgehead atoms. The maximum Gasteiger partial charge on any atom is 0.178 e. The molecule has 0 saturated heterocycles. The van der Waals surface area contributed by atoms with Crippen LogP contribution < -0.4 is 28.9 Å². The molecule has 0 aromatic heterocycles. The van der Waals surface area contributed by atoms with Crippen LogP contribution in [0.5, 0.6) is 0 Å². The number of hydrogen-bond acceptors (Lipinski definition) is 3. The molecular weight excluding hydrogens is 323 g/mol. The second-order valence-corrected chi connectivity index (χ2v) is 5.56. The van der Waals surface area contributed by atoms with Crippen molar-refractivity contribution in [3.63, 3.8) is 0 Å². The van der Waals surface area contributed by atoms with Gasteiger partial charge in [0.1, 0.15) is 12.6 Å². The lowest BCUT2D eigenvalue weighted by Gasteiger charge is -2.24. The van der Waals surface area contributed by atoms with Gasteiger partial charge in [-0.05, 0) is 6.92 Å². The first-order valence-corrected chi connectivity index (χ1v) is 5.85. The molecule has 0 heterocycles. The van der Waals surface area contributed by atoms with Gasteiger partial charge in [-0.3, -0.25) is 0 Å². The van der Waals surface area contributed by atoms with Crippen LogP contribution in [0, 0.1) is 0 Å². The fourth-order valence-corrected chi connectivity index (χ4v) is 0.793. The van der Waals surface area contributed by atoms with Crippen LogP contribution in [0.25, 0.3) is 0 Å². The van der Waals surface area contributed by atoms with Crippen molar-refractivity contribution in [2.45, 2.75) is 13.0 Å². The summed E-state index contributed by atoms with van der Waals surface area (Å²) in [5.41, 5.74) is 0. The molecule has 0 amide bonds. The summed E-state index contributed by atoms with van der Waals surface area (Å²) in [7, 11) is 1.80. The molecule has 0 aromatic rings. The first-order valence-electron chi connectivity index (χ1n) is 3.88. The Labute approximate surface area is 102 Å². The van der Waals surface area contributed by atoms with Crippen LogP contribution in [0.2, 0.25) is 0 Å². The zero-order valence-corrected chi connectivity index (χ0v) is 12.3. The Hall–Kier alpha value is 0.770. The Kier molecular flexibility index (Phi) is 11.5. The van der Waals surface area contributed by atoms with Gasteiger partial charge in [0.15, 0.2) is 7.68 Å². The minimum atomic E-state index is -4.39. The minimum absolute atomic E-state index is 0. The molecule has 7 heteroatoms. The van der Waals surface area contributed by atoms with Gasteiger partial charge < -0.3 is 43.0 Å². The molecule has 0 spiro atoms. The van der Waals surface area contributed by atoms with E-state index >= 15 is 0 Å². The van der Waals surface area contributed by atoms with Gasteiger partial charge in [-0.2, -0.15) is 0 Å². The van der Waals surface area contributed by atoms with Crippen molar-refractivity contribution in [1.29, 1.82) is 0 Å². The highest BCUT2D eigenvalue weighted by atomic mass is 127. The van der Waals surface area contributed by atoms with Crippen molar-refractivity contribution >= 4 is 7.68 Å². The second-order valence-electron chi connectivity index (χ2n) is 4.07. The number of halogens is 2. The standard InChI is InChI=1S/C6H16NO.CH4FO2P.HI/c1-6(8)5-7(2,3)4;1-5(2,3)4;/h6,8H,5H2,1-4H3;1H3,(H,3,4);1H/q+1;;/p-2. The van der Waals surface area contributed by atoms with Crippen LogP contribution in [-0.4, -0.2) is 50.0 Å². The summed E-state index contributed by atoms with van der Waals surface area (Å²) in [6.45, 7) is 3.15. The molecule has 0 radical (unpaired) electrons. The minimum Gasteiger partial charge on any atom is -1.00 e. The van der Waals surface area contributed by atoms with E-state index in [1.165, 1.54) is 0 Å². The molecule has 0 aliphatic carbocycles. The fourth-order valence-electron chi connectivity index (χ4n) is 0.793. The first-order chi connectivity index (χ1) is 5.42. The lowest BCUT2D eigenvalue weighted by Crippen LogP contribution is -3.00. The van der Waals surface area contributed by atoms with Crippen molar-refractivity contribution in [3.8, 4) is 0 Å². The highest BCUT2D eigenvalue weighted by Gasteiger charge is 2.09. The van der Waals surface area contributed by atoms with E-state index in [-0.39, 0.29) is 30.1 Å². The largest absolute Gasteiger partial charge is 1.00 e. The molecule has 0 fully saturated rings. The maximum absolute atomic E-state index is 10.7. The summed E-state index contributed by atoms with van der Waals surface area (Å²) in [4.78, 5) is 8.99. The predicted octanol–water partition coefficient (Wildman–Crippen LogP) is -2.78. The zero-order valence-electron chi connectivity index (χ0n) is 9.20. The molecule has 90 valence electrons. The highest BCUT2D eigenvalue weighted by Crippen LogP contribution is 2.29. The molecule has 1 N–H and O–H groups in total. The molecule has 4 nitrogen and oxygen atoms in total. The molecule has 0 aromatic carbocycles. The van der Waals surface area contributed by atoms with Crippen LogP contribution >= 0.6 is 7.68 Å². The maximum atomic E-state index is 10.7. The summed E-state index contributed by atoms with van der Waals surface area (Å²) >= 11 is 0. The van der Waals surface area contributed by atoms with Crippen molar-refractivity contribution in [3.05, 3.63) is 0 Å². The SMILES string of the molecule is CC(O)C[N+](C)(C)C.CP(=O)([O-])F.[I-]. The van der Waals surface area contributed by atoms with E-state index < -0.39 is 7.68 Å². The van der Waals surface area contributed by atoms with Gasteiger partial charge in [0.25, 0.3) is 0 Å². The lowest BCUT2D eigenvalue weighted by atomic mass is 10.3. The Morgan fingerprint density at radius 3 is 1.71 bits per heavy atom. The number of quaternary nitrogens is 1.